The van der Waals surface area contributed by atoms with Gasteiger partial charge in [-0.2, -0.15) is 0 Å². The Morgan fingerprint density at radius 2 is 1.92 bits per heavy atom. The lowest BCUT2D eigenvalue weighted by molar-refractivity contribution is 0.482. The van der Waals surface area contributed by atoms with Crippen LogP contribution in [0.5, 0.6) is 0 Å². The second-order valence-electron chi connectivity index (χ2n) is 7.08. The highest BCUT2D eigenvalue weighted by Gasteiger charge is 2.23. The first-order valence-corrected chi connectivity index (χ1v) is 9.15. The second kappa shape index (κ2) is 8.82. The molecule has 2 rings (SSSR count). The van der Waals surface area contributed by atoms with E-state index in [-0.39, 0.29) is 0 Å². The molecule has 1 aromatic carbocycles. The van der Waals surface area contributed by atoms with Crippen molar-refractivity contribution in [3.63, 3.8) is 0 Å². The van der Waals surface area contributed by atoms with Crippen LogP contribution in [0, 0.1) is 11.8 Å². The third-order valence-electron chi connectivity index (χ3n) is 5.06. The van der Waals surface area contributed by atoms with E-state index in [9.17, 15) is 0 Å². The van der Waals surface area contributed by atoms with Gasteiger partial charge in [-0.1, -0.05) is 68.8 Å². The molecule has 128 valence electrons. The lowest BCUT2D eigenvalue weighted by atomic mass is 9.76. The summed E-state index contributed by atoms with van der Waals surface area (Å²) >= 11 is 0. The molecule has 24 heavy (non-hydrogen) atoms. The van der Waals surface area contributed by atoms with E-state index in [4.69, 9.17) is 0 Å². The van der Waals surface area contributed by atoms with Crippen LogP contribution in [-0.4, -0.2) is 6.21 Å². The maximum atomic E-state index is 4.32. The Balaban J connectivity index is 2.27. The van der Waals surface area contributed by atoms with Gasteiger partial charge in [-0.3, -0.25) is 4.99 Å². The van der Waals surface area contributed by atoms with Crippen molar-refractivity contribution in [2.24, 2.45) is 16.8 Å². The van der Waals surface area contributed by atoms with Crippen molar-refractivity contribution in [2.45, 2.75) is 53.4 Å². The highest BCUT2D eigenvalue weighted by molar-refractivity contribution is 5.55. The van der Waals surface area contributed by atoms with Gasteiger partial charge in [0.25, 0.3) is 0 Å². The molecular weight excluding hydrogens is 290 g/mol. The van der Waals surface area contributed by atoms with Gasteiger partial charge in [-0.15, -0.1) is 0 Å². The third kappa shape index (κ3) is 4.56. The minimum atomic E-state index is 0.573. The molecule has 0 N–H and O–H groups in total. The lowest BCUT2D eigenvalue weighted by Crippen LogP contribution is -2.16. The largest absolute Gasteiger partial charge is 0.269 e. The number of allylic oxidation sites excluding steroid dienone is 5. The molecule has 0 amide bonds. The van der Waals surface area contributed by atoms with Crippen LogP contribution in [0.2, 0.25) is 0 Å². The van der Waals surface area contributed by atoms with E-state index in [1.54, 1.807) is 5.57 Å². The fourth-order valence-electron chi connectivity index (χ4n) is 3.82. The van der Waals surface area contributed by atoms with Crippen LogP contribution in [0.25, 0.3) is 0 Å². The van der Waals surface area contributed by atoms with Crippen LogP contribution in [-0.2, 0) is 0 Å². The summed E-state index contributed by atoms with van der Waals surface area (Å²) in [6.45, 7) is 11.2. The van der Waals surface area contributed by atoms with Gasteiger partial charge in [0.2, 0.25) is 0 Å². The molecule has 0 saturated carbocycles. The standard InChI is InChI=1S/C23H31N/c1-6-24-16-20(5)22-14-10-11-17(2)23(22)19(4)15-18(3)21-12-8-7-9-13-21/h6-10,12-14,16-19H,11,15H2,1-5H3/b20-16+,24-6-. The molecule has 3 atom stereocenters. The fraction of sp³-hybridized carbons (Fsp3) is 0.435. The van der Waals surface area contributed by atoms with Gasteiger partial charge in [0.05, 0.1) is 0 Å². The molecule has 0 aromatic heterocycles. The summed E-state index contributed by atoms with van der Waals surface area (Å²) in [6, 6.07) is 10.9. The van der Waals surface area contributed by atoms with E-state index < -0.39 is 0 Å². The molecule has 0 bridgehead atoms. The number of benzene rings is 1. The van der Waals surface area contributed by atoms with Crippen molar-refractivity contribution in [1.82, 2.24) is 0 Å². The Kier molecular flexibility index (Phi) is 6.78. The van der Waals surface area contributed by atoms with Crippen molar-refractivity contribution >= 4 is 6.21 Å². The minimum Gasteiger partial charge on any atom is -0.269 e. The van der Waals surface area contributed by atoms with E-state index in [1.165, 1.54) is 23.1 Å². The predicted molar refractivity (Wildman–Crippen MR) is 107 cm³/mol. The summed E-state index contributed by atoms with van der Waals surface area (Å²) < 4.78 is 0. The van der Waals surface area contributed by atoms with Gasteiger partial charge in [0, 0.05) is 12.4 Å². The molecule has 1 aliphatic rings. The molecule has 0 fully saturated rings. The molecule has 0 aliphatic heterocycles. The molecule has 3 unspecified atom stereocenters. The van der Waals surface area contributed by atoms with Crippen LogP contribution in [0.3, 0.4) is 0 Å². The average molecular weight is 322 g/mol. The molecule has 0 radical (unpaired) electrons. The SMILES string of the molecule is C/C=N\C=C(/C)C1=C(C(C)CC(C)c2ccccc2)C(C)CC=C1. The van der Waals surface area contributed by atoms with Gasteiger partial charge in [-0.25, -0.2) is 0 Å². The van der Waals surface area contributed by atoms with Gasteiger partial charge in [0.1, 0.15) is 0 Å². The summed E-state index contributed by atoms with van der Waals surface area (Å²) in [6.07, 6.45) is 10.8. The zero-order valence-electron chi connectivity index (χ0n) is 15.8. The van der Waals surface area contributed by atoms with E-state index in [2.05, 4.69) is 75.2 Å². The highest BCUT2D eigenvalue weighted by Crippen LogP contribution is 2.38. The number of hydrogen-bond donors (Lipinski definition) is 0. The van der Waals surface area contributed by atoms with Crippen LogP contribution in [0.15, 0.2) is 70.4 Å². The Morgan fingerprint density at radius 3 is 2.58 bits per heavy atom. The summed E-state index contributed by atoms with van der Waals surface area (Å²) in [5.41, 5.74) is 5.70. The molecule has 0 heterocycles. The molecule has 1 heteroatoms. The van der Waals surface area contributed by atoms with Gasteiger partial charge >= 0.3 is 0 Å². The van der Waals surface area contributed by atoms with Crippen LogP contribution in [0.4, 0.5) is 0 Å². The smallest absolute Gasteiger partial charge is 0.0298 e. The Hall–Kier alpha value is -1.89. The topological polar surface area (TPSA) is 12.4 Å². The first-order chi connectivity index (χ1) is 11.5. The quantitative estimate of drug-likeness (QED) is 0.517. The minimum absolute atomic E-state index is 0.573. The number of hydrogen-bond acceptors (Lipinski definition) is 1. The maximum absolute atomic E-state index is 4.32. The molecular formula is C23H31N. The molecule has 0 spiro atoms. The number of rotatable bonds is 6. The van der Waals surface area contributed by atoms with Crippen molar-refractivity contribution < 1.29 is 0 Å². The van der Waals surface area contributed by atoms with E-state index in [0.717, 1.165) is 6.42 Å². The number of nitrogens with zero attached hydrogens (tertiary/aromatic N) is 1. The van der Waals surface area contributed by atoms with Crippen molar-refractivity contribution in [2.75, 3.05) is 0 Å². The van der Waals surface area contributed by atoms with E-state index in [1.807, 2.05) is 19.3 Å². The van der Waals surface area contributed by atoms with Crippen LogP contribution in [0.1, 0.15) is 58.9 Å². The van der Waals surface area contributed by atoms with E-state index in [0.29, 0.717) is 17.8 Å². The number of aliphatic imine (C=N–C) groups is 1. The molecule has 0 saturated heterocycles. The van der Waals surface area contributed by atoms with Crippen LogP contribution >= 0.6 is 0 Å². The summed E-state index contributed by atoms with van der Waals surface area (Å²) in [5.74, 6) is 1.76. The zero-order chi connectivity index (χ0) is 17.5. The normalized spacial score (nSPS) is 21.4. The lowest BCUT2D eigenvalue weighted by Gasteiger charge is -2.29. The van der Waals surface area contributed by atoms with Crippen molar-refractivity contribution in [3.05, 3.63) is 71.0 Å². The predicted octanol–water partition coefficient (Wildman–Crippen LogP) is 6.70. The van der Waals surface area contributed by atoms with Crippen LogP contribution < -0.4 is 0 Å². The first kappa shape index (κ1) is 18.4. The molecule has 1 aromatic rings. The highest BCUT2D eigenvalue weighted by atomic mass is 14.7. The Morgan fingerprint density at radius 1 is 1.21 bits per heavy atom. The fourth-order valence-corrected chi connectivity index (χ4v) is 3.82. The second-order valence-corrected chi connectivity index (χ2v) is 7.08. The average Bonchev–Trinajstić information content (AvgIpc) is 2.59. The third-order valence-corrected chi connectivity index (χ3v) is 5.06. The van der Waals surface area contributed by atoms with Crippen molar-refractivity contribution in [1.29, 1.82) is 0 Å². The van der Waals surface area contributed by atoms with Gasteiger partial charge in [-0.05, 0) is 61.2 Å². The first-order valence-electron chi connectivity index (χ1n) is 9.15. The monoisotopic (exact) mass is 321 g/mol. The van der Waals surface area contributed by atoms with Gasteiger partial charge < -0.3 is 0 Å². The summed E-state index contributed by atoms with van der Waals surface area (Å²) in [5, 5.41) is 0. The Labute approximate surface area is 147 Å². The molecule has 1 nitrogen and oxygen atoms in total. The van der Waals surface area contributed by atoms with E-state index >= 15 is 0 Å². The molecule has 1 aliphatic carbocycles. The van der Waals surface area contributed by atoms with Crippen molar-refractivity contribution in [3.8, 4) is 0 Å². The summed E-state index contributed by atoms with van der Waals surface area (Å²) in [4.78, 5) is 4.32. The zero-order valence-corrected chi connectivity index (χ0v) is 15.8. The summed E-state index contributed by atoms with van der Waals surface area (Å²) in [7, 11) is 0. The Bertz CT molecular complexity index is 646. The van der Waals surface area contributed by atoms with Gasteiger partial charge in [0.15, 0.2) is 0 Å². The maximum Gasteiger partial charge on any atom is 0.0298 e.